The molecule has 0 fully saturated rings. The second-order valence-electron chi connectivity index (χ2n) is 10.6. The van der Waals surface area contributed by atoms with Crippen molar-refractivity contribution < 1.29 is 18.3 Å². The molecule has 3 heteroatoms. The van der Waals surface area contributed by atoms with E-state index in [1.165, 1.54) is 36.7 Å². The van der Waals surface area contributed by atoms with Crippen molar-refractivity contribution in [1.29, 1.82) is 0 Å². The second-order valence-corrected chi connectivity index (χ2v) is 24.6. The summed E-state index contributed by atoms with van der Waals surface area (Å²) in [6, 6.07) is 27.2. The molecule has 1 unspecified atom stereocenters. The standard InChI is InChI=1S/C13H9.C10H15.C6H5.CH3.CH2.2ClH.Zr/c1-3-7-12-10(5-1)9-11-6-2-4-8-13(11)12;1-7(2)10-6-8(3)5-9(10)4;1-2-4-6-5-3-1;;;;;/h1-5,7-8H,9H2;6-8H,1-4H3;1-5H;1H3;1H2;2*1H;. The van der Waals surface area contributed by atoms with Gasteiger partial charge < -0.3 is 0 Å². The molecule has 3 aromatic rings. The molecule has 1 atom stereocenters. The molecule has 0 nitrogen and oxygen atoms in total. The maximum absolute atomic E-state index is 5.38. The number of hydrogen-bond acceptors (Lipinski definition) is 0. The summed E-state index contributed by atoms with van der Waals surface area (Å²) in [7, 11) is 0. The third kappa shape index (κ3) is 3.80. The zero-order chi connectivity index (χ0) is 22.7. The van der Waals surface area contributed by atoms with Gasteiger partial charge in [-0.1, -0.05) is 0 Å². The van der Waals surface area contributed by atoms with Gasteiger partial charge in [0.15, 0.2) is 0 Å². The molecule has 0 bridgehead atoms. The van der Waals surface area contributed by atoms with E-state index in [1.54, 1.807) is 6.55 Å². The molecule has 3 aromatic carbocycles. The van der Waals surface area contributed by atoms with Gasteiger partial charge in [0, 0.05) is 0 Å². The molecule has 0 saturated heterocycles. The first kappa shape index (κ1) is 27.1. The summed E-state index contributed by atoms with van der Waals surface area (Å²) in [5.41, 5.74) is 8.82. The van der Waals surface area contributed by atoms with Crippen molar-refractivity contribution in [1.82, 2.24) is 0 Å². The van der Waals surface area contributed by atoms with Crippen LogP contribution in [0.4, 0.5) is 0 Å². The van der Waals surface area contributed by atoms with Crippen LogP contribution in [0.25, 0.3) is 11.1 Å². The normalized spacial score (nSPS) is 17.0. The minimum absolute atomic E-state index is 0. The minimum atomic E-state index is -4.13. The van der Waals surface area contributed by atoms with Crippen molar-refractivity contribution in [2.45, 2.75) is 38.7 Å². The third-order valence-corrected chi connectivity index (χ3v) is 23.2. The van der Waals surface area contributed by atoms with E-state index in [0.29, 0.717) is 11.8 Å². The van der Waals surface area contributed by atoms with Gasteiger partial charge in [0.05, 0.1) is 0 Å². The predicted molar refractivity (Wildman–Crippen MR) is 153 cm³/mol. The van der Waals surface area contributed by atoms with Crippen LogP contribution in [0.3, 0.4) is 0 Å². The van der Waals surface area contributed by atoms with Crippen LogP contribution in [0, 0.1) is 11.8 Å². The van der Waals surface area contributed by atoms with E-state index >= 15 is 0 Å². The van der Waals surface area contributed by atoms with Crippen LogP contribution in [-0.4, -0.2) is 4.21 Å². The summed E-state index contributed by atoms with van der Waals surface area (Å²) in [4.78, 5) is 0. The summed E-state index contributed by atoms with van der Waals surface area (Å²) in [6.45, 7) is 9.42. The summed E-state index contributed by atoms with van der Waals surface area (Å²) in [5.74, 6) is 0.968. The van der Waals surface area contributed by atoms with Gasteiger partial charge >= 0.3 is 195 Å². The van der Waals surface area contributed by atoms with Crippen molar-refractivity contribution in [3.8, 4) is 11.1 Å². The summed E-state index contributed by atoms with van der Waals surface area (Å²) < 4.78 is 12.6. The van der Waals surface area contributed by atoms with Crippen LogP contribution < -0.4 is 6.54 Å². The topological polar surface area (TPSA) is 0 Å². The van der Waals surface area contributed by atoms with Crippen molar-refractivity contribution >= 4 is 35.6 Å². The molecule has 2 aliphatic carbocycles. The third-order valence-electron chi connectivity index (χ3n) is 8.21. The van der Waals surface area contributed by atoms with E-state index in [-0.39, 0.29) is 24.8 Å². The number of allylic oxidation sites excluding steroid dienone is 4. The number of benzene rings is 3. The molecule has 5 rings (SSSR count). The fourth-order valence-electron chi connectivity index (χ4n) is 6.86. The number of rotatable bonds is 4. The van der Waals surface area contributed by atoms with Gasteiger partial charge in [-0.25, -0.2) is 0 Å². The van der Waals surface area contributed by atoms with Gasteiger partial charge in [0.1, 0.15) is 0 Å². The van der Waals surface area contributed by atoms with Crippen LogP contribution in [0.15, 0.2) is 93.3 Å². The zero-order valence-corrected chi connectivity index (χ0v) is 25.0. The van der Waals surface area contributed by atoms with E-state index in [1.807, 2.05) is 0 Å². The fraction of sp³-hybridized carbons (Fsp3) is 0.258. The Hall–Kier alpha value is -1.53. The van der Waals surface area contributed by atoms with Crippen molar-refractivity contribution in [2.24, 2.45) is 11.8 Å². The quantitative estimate of drug-likeness (QED) is 0.236. The van der Waals surface area contributed by atoms with Crippen LogP contribution >= 0.6 is 24.8 Å². The summed E-state index contributed by atoms with van der Waals surface area (Å²) in [6.07, 6.45) is 3.55. The van der Waals surface area contributed by atoms with Gasteiger partial charge in [-0.15, -0.1) is 24.8 Å². The van der Waals surface area contributed by atoms with E-state index < -0.39 is 18.3 Å². The van der Waals surface area contributed by atoms with Gasteiger partial charge in [-0.05, 0) is 0 Å². The van der Waals surface area contributed by atoms with Gasteiger partial charge in [-0.3, -0.25) is 0 Å². The van der Waals surface area contributed by atoms with Crippen molar-refractivity contribution in [3.05, 3.63) is 104 Å². The van der Waals surface area contributed by atoms with Crippen LogP contribution in [0.5, 0.6) is 0 Å². The molecule has 34 heavy (non-hydrogen) atoms. The van der Waals surface area contributed by atoms with E-state index in [0.717, 1.165) is 6.42 Å². The predicted octanol–water partition coefficient (Wildman–Crippen LogP) is 7.73. The Bertz CT molecular complexity index is 1360. The Morgan fingerprint density at radius 3 is 2.12 bits per heavy atom. The van der Waals surface area contributed by atoms with E-state index in [4.69, 9.17) is 4.21 Å². The molecule has 0 saturated carbocycles. The summed E-state index contributed by atoms with van der Waals surface area (Å²) >= 11 is -4.13. The average Bonchev–Trinajstić information content (AvgIpc) is 3.31. The van der Waals surface area contributed by atoms with Crippen molar-refractivity contribution in [2.75, 3.05) is 0 Å². The Labute approximate surface area is 218 Å². The first-order valence-electron chi connectivity index (χ1n) is 12.0. The molecule has 0 radical (unpaired) electrons. The first-order chi connectivity index (χ1) is 15.2. The molecule has 0 aliphatic heterocycles. The van der Waals surface area contributed by atoms with Crippen molar-refractivity contribution in [3.63, 3.8) is 0 Å². The van der Waals surface area contributed by atoms with E-state index in [2.05, 4.69) is 111 Å². The van der Waals surface area contributed by atoms with Crippen LogP contribution in [0.1, 0.15) is 38.8 Å². The Kier molecular flexibility index (Phi) is 7.56. The Morgan fingerprint density at radius 1 is 0.853 bits per heavy atom. The fourth-order valence-corrected chi connectivity index (χ4v) is 21.8. The zero-order valence-electron chi connectivity index (χ0n) is 20.9. The SMILES string of the molecule is Cl.Cl.[CH2]=[Zr]([CH3])([C]1=C(C)C(C(C)C)=CC1C)([c]1ccccc1)[c]1cccc2c1Cc1ccccc1-2. The molecule has 0 heterocycles. The number of halogens is 2. The first-order valence-corrected chi connectivity index (χ1v) is 19.9. The van der Waals surface area contributed by atoms with Gasteiger partial charge in [0.2, 0.25) is 0 Å². The molecule has 2 aliphatic rings. The van der Waals surface area contributed by atoms with E-state index in [9.17, 15) is 0 Å². The molecular formula is C31H36Cl2Zr. The summed E-state index contributed by atoms with van der Waals surface area (Å²) in [5, 5.41) is 0. The molecular weight excluding hydrogens is 534 g/mol. The molecule has 0 aromatic heterocycles. The maximum atomic E-state index is 5.38. The second kappa shape index (κ2) is 9.50. The number of hydrogen-bond donors (Lipinski definition) is 0. The van der Waals surface area contributed by atoms with Gasteiger partial charge in [-0.2, -0.15) is 0 Å². The molecule has 0 spiro atoms. The average molecular weight is 571 g/mol. The van der Waals surface area contributed by atoms with Crippen LogP contribution in [0.2, 0.25) is 4.63 Å². The Morgan fingerprint density at radius 2 is 1.47 bits per heavy atom. The monoisotopic (exact) mass is 568 g/mol. The molecule has 0 amide bonds. The molecule has 0 N–H and O–H groups in total. The van der Waals surface area contributed by atoms with Gasteiger partial charge in [0.25, 0.3) is 0 Å². The Balaban J connectivity index is 0.00000162. The van der Waals surface area contributed by atoms with Crippen LogP contribution in [-0.2, 0) is 24.7 Å². The molecule has 178 valence electrons. The number of fused-ring (bicyclic) bond motifs is 3.